The fourth-order valence-electron chi connectivity index (χ4n) is 5.64. The zero-order chi connectivity index (χ0) is 25.7. The fraction of sp³-hybridized carbons (Fsp3) is 0.643. The first kappa shape index (κ1) is 26.8. The minimum atomic E-state index is -0.417. The summed E-state index contributed by atoms with van der Waals surface area (Å²) < 4.78 is 2.18. The van der Waals surface area contributed by atoms with E-state index in [-0.39, 0.29) is 12.0 Å². The maximum atomic E-state index is 11.3. The molecule has 198 valence electrons. The van der Waals surface area contributed by atoms with Gasteiger partial charge in [-0.3, -0.25) is 0 Å². The lowest BCUT2D eigenvalue weighted by molar-refractivity contribution is 0.0955. The average molecular weight is 496 g/mol. The molecule has 3 heterocycles. The van der Waals surface area contributed by atoms with Gasteiger partial charge < -0.3 is 30.9 Å². The summed E-state index contributed by atoms with van der Waals surface area (Å²) in [4.78, 5) is 11.2. The summed E-state index contributed by atoms with van der Waals surface area (Å²) in [7, 11) is 2.14. The van der Waals surface area contributed by atoms with Crippen molar-refractivity contribution in [1.29, 1.82) is 0 Å². The molecule has 1 unspecified atom stereocenters. The summed E-state index contributed by atoms with van der Waals surface area (Å²) in [6.07, 6.45) is 11.9. The number of nitrogens with zero attached hydrogens (tertiary/aromatic N) is 4. The number of hydrogen-bond acceptors (Lipinski definition) is 7. The minimum absolute atomic E-state index is 0.0132. The van der Waals surface area contributed by atoms with Gasteiger partial charge in [-0.15, -0.1) is 0 Å². The van der Waals surface area contributed by atoms with Crippen molar-refractivity contribution in [3.63, 3.8) is 0 Å². The molecule has 8 heteroatoms. The number of aliphatic hydroxyl groups excluding tert-OH is 1. The van der Waals surface area contributed by atoms with E-state index < -0.39 is 6.10 Å². The molecule has 0 saturated heterocycles. The number of hydrogen-bond donors (Lipinski definition) is 4. The molecule has 1 fully saturated rings. The van der Waals surface area contributed by atoms with E-state index in [1.165, 1.54) is 11.1 Å². The van der Waals surface area contributed by atoms with Gasteiger partial charge in [0.2, 0.25) is 0 Å². The van der Waals surface area contributed by atoms with Crippen LogP contribution < -0.4 is 16.4 Å². The Labute approximate surface area is 216 Å². The Balaban J connectivity index is 1.39. The minimum Gasteiger partial charge on any atom is -0.391 e. The maximum absolute atomic E-state index is 11.3. The number of nitrogens with one attached hydrogen (secondary N) is 2. The summed E-state index contributed by atoms with van der Waals surface area (Å²) in [5.41, 5.74) is 11.0. The number of fused-ring (bicyclic) bond motifs is 1. The number of rotatable bonds is 11. The van der Waals surface area contributed by atoms with Crippen molar-refractivity contribution in [2.24, 2.45) is 11.8 Å². The highest BCUT2D eigenvalue weighted by molar-refractivity contribution is 5.97. The first-order valence-corrected chi connectivity index (χ1v) is 13.6. The van der Waals surface area contributed by atoms with Gasteiger partial charge in [0.1, 0.15) is 17.8 Å². The van der Waals surface area contributed by atoms with E-state index in [0.29, 0.717) is 11.7 Å². The number of likely N-dealkylation sites (N-methyl/N-ethyl adjacent to an activating group) is 1. The van der Waals surface area contributed by atoms with Crippen molar-refractivity contribution in [1.82, 2.24) is 30.1 Å². The zero-order valence-electron chi connectivity index (χ0n) is 22.5. The predicted molar refractivity (Wildman–Crippen MR) is 149 cm³/mol. The molecule has 36 heavy (non-hydrogen) atoms. The normalized spacial score (nSPS) is 25.6. The number of nitrogen functional groups attached to an aromatic ring is 1. The quantitative estimate of drug-likeness (QED) is 0.280. The Morgan fingerprint density at radius 3 is 2.81 bits per heavy atom. The fourth-order valence-corrected chi connectivity index (χ4v) is 5.64. The Bertz CT molecular complexity index is 1080. The second-order valence-corrected chi connectivity index (χ2v) is 10.8. The van der Waals surface area contributed by atoms with Gasteiger partial charge in [-0.05, 0) is 90.2 Å². The van der Waals surface area contributed by atoms with Gasteiger partial charge in [0, 0.05) is 24.8 Å². The van der Waals surface area contributed by atoms with Crippen LogP contribution in [0.1, 0.15) is 58.1 Å². The lowest BCUT2D eigenvalue weighted by atomic mass is 9.97. The Morgan fingerprint density at radius 2 is 2.06 bits per heavy atom. The lowest BCUT2D eigenvalue weighted by Crippen LogP contribution is -2.29. The van der Waals surface area contributed by atoms with Gasteiger partial charge >= 0.3 is 0 Å². The predicted octanol–water partition coefficient (Wildman–Crippen LogP) is 3.22. The molecule has 1 aliphatic heterocycles. The summed E-state index contributed by atoms with van der Waals surface area (Å²) in [5.74, 6) is 1.15. The van der Waals surface area contributed by atoms with Gasteiger partial charge in [-0.25, -0.2) is 9.97 Å². The molecule has 0 bridgehead atoms. The molecule has 5 N–H and O–H groups in total. The first-order chi connectivity index (χ1) is 17.4. The number of anilines is 1. The molecular weight excluding hydrogens is 450 g/mol. The van der Waals surface area contributed by atoms with Gasteiger partial charge in [0.05, 0.1) is 17.5 Å². The van der Waals surface area contributed by atoms with Crippen LogP contribution in [0.25, 0.3) is 16.6 Å². The molecule has 1 saturated carbocycles. The monoisotopic (exact) mass is 495 g/mol. The van der Waals surface area contributed by atoms with E-state index in [0.717, 1.165) is 81.5 Å². The van der Waals surface area contributed by atoms with E-state index in [1.54, 1.807) is 6.33 Å². The summed E-state index contributed by atoms with van der Waals surface area (Å²) in [6, 6.07) is -0.0132. The molecule has 1 aliphatic carbocycles. The maximum Gasteiger partial charge on any atom is 0.146 e. The zero-order valence-corrected chi connectivity index (χ0v) is 22.5. The second kappa shape index (κ2) is 12.3. The van der Waals surface area contributed by atoms with Crippen molar-refractivity contribution in [3.8, 4) is 0 Å². The highest BCUT2D eigenvalue weighted by Gasteiger charge is 2.41. The van der Waals surface area contributed by atoms with Crippen molar-refractivity contribution < 1.29 is 5.11 Å². The smallest absolute Gasteiger partial charge is 0.146 e. The second-order valence-electron chi connectivity index (χ2n) is 10.8. The van der Waals surface area contributed by atoms with Crippen molar-refractivity contribution in [3.05, 3.63) is 35.8 Å². The van der Waals surface area contributed by atoms with Crippen LogP contribution in [0.15, 0.2) is 30.2 Å². The van der Waals surface area contributed by atoms with Crippen LogP contribution >= 0.6 is 0 Å². The van der Waals surface area contributed by atoms with Gasteiger partial charge in [-0.1, -0.05) is 24.6 Å². The first-order valence-electron chi connectivity index (χ1n) is 13.6. The van der Waals surface area contributed by atoms with Gasteiger partial charge in [0.15, 0.2) is 0 Å². The molecule has 2 aromatic heterocycles. The van der Waals surface area contributed by atoms with E-state index in [4.69, 9.17) is 5.73 Å². The van der Waals surface area contributed by atoms with E-state index >= 15 is 0 Å². The van der Waals surface area contributed by atoms with Crippen molar-refractivity contribution in [2.45, 2.75) is 58.6 Å². The van der Waals surface area contributed by atoms with E-state index in [1.807, 2.05) is 0 Å². The Hall–Kier alpha value is -2.26. The standard InChI is InChI=1S/C28H45N7O/c1-5-19(2)7-12-30-10-6-11-31-16-22-15-24(26(36)20(22)3)35-17-23(21-8-13-34(4)14-9-21)25-27(29)32-18-33-28(25)35/h5,8,17-18,20,22,24,26,30-31,36H,6-7,9-16H2,1-4H3,(H2,29,32,33)/b19-5+/t20-,22?,24-,26-/m1/s1. The molecule has 2 aromatic rings. The van der Waals surface area contributed by atoms with E-state index in [2.05, 4.69) is 76.2 Å². The van der Waals surface area contributed by atoms with Crippen LogP contribution in [0.2, 0.25) is 0 Å². The highest BCUT2D eigenvalue weighted by atomic mass is 16.3. The Kier molecular flexibility index (Phi) is 9.17. The average Bonchev–Trinajstić information content (AvgIpc) is 3.39. The summed E-state index contributed by atoms with van der Waals surface area (Å²) in [6.45, 7) is 12.4. The third-order valence-corrected chi connectivity index (χ3v) is 8.28. The number of nitrogens with two attached hydrogens (primary N) is 1. The molecule has 4 atom stereocenters. The third-order valence-electron chi connectivity index (χ3n) is 8.28. The highest BCUT2D eigenvalue weighted by Crippen LogP contribution is 2.43. The van der Waals surface area contributed by atoms with E-state index in [9.17, 15) is 5.11 Å². The molecule has 4 rings (SSSR count). The largest absolute Gasteiger partial charge is 0.391 e. The third kappa shape index (κ3) is 5.99. The molecule has 0 spiro atoms. The molecule has 0 amide bonds. The molecule has 0 radical (unpaired) electrons. The molecule has 0 aromatic carbocycles. The van der Waals surface area contributed by atoms with Crippen LogP contribution in [0.3, 0.4) is 0 Å². The van der Waals surface area contributed by atoms with Crippen LogP contribution in [0, 0.1) is 11.8 Å². The van der Waals surface area contributed by atoms with Gasteiger partial charge in [-0.2, -0.15) is 0 Å². The van der Waals surface area contributed by atoms with Crippen LogP contribution in [-0.4, -0.2) is 77.0 Å². The number of aliphatic hydroxyl groups is 1. The number of aromatic nitrogens is 3. The lowest BCUT2D eigenvalue weighted by Gasteiger charge is -2.22. The van der Waals surface area contributed by atoms with Crippen LogP contribution in [0.4, 0.5) is 5.82 Å². The van der Waals surface area contributed by atoms with Crippen molar-refractivity contribution in [2.75, 3.05) is 52.0 Å². The van der Waals surface area contributed by atoms with Crippen molar-refractivity contribution >= 4 is 22.4 Å². The van der Waals surface area contributed by atoms with Crippen LogP contribution in [-0.2, 0) is 0 Å². The SMILES string of the molecule is C/C=C(\C)CCNCCCNCC1C[C@@H](n2cc(C3=CCN(C)CC3)c3c(N)ncnc32)[C@H](O)[C@@H]1C. The van der Waals surface area contributed by atoms with Crippen LogP contribution in [0.5, 0.6) is 0 Å². The summed E-state index contributed by atoms with van der Waals surface area (Å²) >= 11 is 0. The molecular formula is C28H45N7O. The summed E-state index contributed by atoms with van der Waals surface area (Å²) in [5, 5.41) is 19.4. The van der Waals surface area contributed by atoms with Gasteiger partial charge in [0.25, 0.3) is 0 Å². The Morgan fingerprint density at radius 1 is 1.25 bits per heavy atom. The number of allylic oxidation sites excluding steroid dienone is 1. The topological polar surface area (TPSA) is 104 Å². The molecule has 2 aliphatic rings. The molecule has 8 nitrogen and oxygen atoms in total.